The van der Waals surface area contributed by atoms with E-state index in [4.69, 9.17) is 4.52 Å². The second-order valence-corrected chi connectivity index (χ2v) is 6.00. The van der Waals surface area contributed by atoms with Crippen LogP contribution in [-0.2, 0) is 11.2 Å². The van der Waals surface area contributed by atoms with Gasteiger partial charge in [-0.1, -0.05) is 61.5 Å². The van der Waals surface area contributed by atoms with Crippen molar-refractivity contribution >= 4 is 16.9 Å². The largest absolute Gasteiger partial charge is 0.356 e. The van der Waals surface area contributed by atoms with Crippen molar-refractivity contribution < 1.29 is 9.32 Å². The summed E-state index contributed by atoms with van der Waals surface area (Å²) in [5, 5.41) is 8.03. The first-order valence-electron chi connectivity index (χ1n) is 7.82. The molecule has 0 saturated carbocycles. The van der Waals surface area contributed by atoms with Crippen LogP contribution in [0.5, 0.6) is 0 Å². The SMILES string of the molecule is CC(C)C(NC(=O)Cc1noc2ccccc12)c1ccccc1. The lowest BCUT2D eigenvalue weighted by molar-refractivity contribution is -0.121. The highest BCUT2D eigenvalue weighted by molar-refractivity contribution is 5.86. The van der Waals surface area contributed by atoms with E-state index in [0.717, 1.165) is 10.9 Å². The van der Waals surface area contributed by atoms with Crippen molar-refractivity contribution in [3.8, 4) is 0 Å². The average Bonchev–Trinajstić information content (AvgIpc) is 2.96. The van der Waals surface area contributed by atoms with Gasteiger partial charge < -0.3 is 9.84 Å². The molecule has 1 atom stereocenters. The number of fused-ring (bicyclic) bond motifs is 1. The van der Waals surface area contributed by atoms with Crippen molar-refractivity contribution in [2.24, 2.45) is 5.92 Å². The van der Waals surface area contributed by atoms with Crippen molar-refractivity contribution in [3.05, 3.63) is 65.9 Å². The van der Waals surface area contributed by atoms with Crippen molar-refractivity contribution in [1.29, 1.82) is 0 Å². The molecule has 0 aliphatic rings. The number of benzene rings is 2. The van der Waals surface area contributed by atoms with E-state index in [2.05, 4.69) is 24.3 Å². The summed E-state index contributed by atoms with van der Waals surface area (Å²) < 4.78 is 5.26. The van der Waals surface area contributed by atoms with Gasteiger partial charge in [-0.2, -0.15) is 0 Å². The highest BCUT2D eigenvalue weighted by atomic mass is 16.5. The topological polar surface area (TPSA) is 55.1 Å². The number of carbonyl (C=O) groups excluding carboxylic acids is 1. The third-order valence-electron chi connectivity index (χ3n) is 3.92. The van der Waals surface area contributed by atoms with Gasteiger partial charge in [-0.3, -0.25) is 4.79 Å². The fraction of sp³-hybridized carbons (Fsp3) is 0.263. The second kappa shape index (κ2) is 6.65. The Kier molecular flexibility index (Phi) is 4.42. The van der Waals surface area contributed by atoms with Gasteiger partial charge in [-0.15, -0.1) is 0 Å². The Morgan fingerprint density at radius 1 is 1.09 bits per heavy atom. The summed E-state index contributed by atoms with van der Waals surface area (Å²) in [6, 6.07) is 17.6. The summed E-state index contributed by atoms with van der Waals surface area (Å²) in [6.45, 7) is 4.20. The maximum atomic E-state index is 12.4. The minimum absolute atomic E-state index is 0.0122. The summed E-state index contributed by atoms with van der Waals surface area (Å²) in [6.07, 6.45) is 0.215. The zero-order valence-corrected chi connectivity index (χ0v) is 13.3. The molecule has 0 saturated heterocycles. The lowest BCUT2D eigenvalue weighted by atomic mass is 9.96. The third-order valence-corrected chi connectivity index (χ3v) is 3.92. The van der Waals surface area contributed by atoms with Gasteiger partial charge in [0.2, 0.25) is 5.91 Å². The van der Waals surface area contributed by atoms with E-state index in [1.165, 1.54) is 0 Å². The number of rotatable bonds is 5. The van der Waals surface area contributed by atoms with Crippen LogP contribution < -0.4 is 5.32 Å². The predicted octanol–water partition coefficient (Wildman–Crippen LogP) is 3.88. The van der Waals surface area contributed by atoms with Crippen LogP contribution in [0.1, 0.15) is 31.1 Å². The highest BCUT2D eigenvalue weighted by Crippen LogP contribution is 2.22. The Labute approximate surface area is 135 Å². The van der Waals surface area contributed by atoms with Crippen molar-refractivity contribution in [1.82, 2.24) is 10.5 Å². The summed E-state index contributed by atoms with van der Waals surface area (Å²) in [5.41, 5.74) is 2.49. The number of para-hydroxylation sites is 1. The molecule has 1 unspecified atom stereocenters. The molecule has 1 N–H and O–H groups in total. The van der Waals surface area contributed by atoms with Gasteiger partial charge >= 0.3 is 0 Å². The third kappa shape index (κ3) is 3.42. The molecule has 3 aromatic rings. The van der Waals surface area contributed by atoms with Crippen LogP contribution in [0.15, 0.2) is 59.1 Å². The summed E-state index contributed by atoms with van der Waals surface area (Å²) in [7, 11) is 0. The average molecular weight is 308 g/mol. The highest BCUT2D eigenvalue weighted by Gasteiger charge is 2.19. The Morgan fingerprint density at radius 2 is 1.78 bits per heavy atom. The minimum atomic E-state index is -0.0494. The lowest BCUT2D eigenvalue weighted by Crippen LogP contribution is -2.32. The van der Waals surface area contributed by atoms with Crippen LogP contribution in [0.3, 0.4) is 0 Å². The molecule has 4 heteroatoms. The molecule has 0 aliphatic heterocycles. The van der Waals surface area contributed by atoms with E-state index in [0.29, 0.717) is 17.2 Å². The van der Waals surface area contributed by atoms with E-state index in [1.54, 1.807) is 0 Å². The monoisotopic (exact) mass is 308 g/mol. The lowest BCUT2D eigenvalue weighted by Gasteiger charge is -2.22. The maximum Gasteiger partial charge on any atom is 0.226 e. The van der Waals surface area contributed by atoms with Gasteiger partial charge in [0.15, 0.2) is 5.58 Å². The summed E-state index contributed by atoms with van der Waals surface area (Å²) in [5.74, 6) is 0.252. The van der Waals surface area contributed by atoms with Crippen LogP contribution in [0.4, 0.5) is 0 Å². The van der Waals surface area contributed by atoms with E-state index < -0.39 is 0 Å². The molecule has 0 aliphatic carbocycles. The minimum Gasteiger partial charge on any atom is -0.356 e. The van der Waals surface area contributed by atoms with Gasteiger partial charge in [0, 0.05) is 5.39 Å². The van der Waals surface area contributed by atoms with Crippen LogP contribution in [0, 0.1) is 5.92 Å². The number of hydrogen-bond donors (Lipinski definition) is 1. The summed E-state index contributed by atoms with van der Waals surface area (Å²) >= 11 is 0. The van der Waals surface area contributed by atoms with Crippen LogP contribution in [0.25, 0.3) is 11.0 Å². The number of nitrogens with zero attached hydrogens (tertiary/aromatic N) is 1. The number of carbonyl (C=O) groups is 1. The zero-order chi connectivity index (χ0) is 16.2. The molecule has 0 bridgehead atoms. The van der Waals surface area contributed by atoms with Crippen molar-refractivity contribution in [2.75, 3.05) is 0 Å². The predicted molar refractivity (Wildman–Crippen MR) is 89.9 cm³/mol. The van der Waals surface area contributed by atoms with Crippen LogP contribution in [-0.4, -0.2) is 11.1 Å². The first kappa shape index (κ1) is 15.3. The van der Waals surface area contributed by atoms with E-state index >= 15 is 0 Å². The molecule has 3 rings (SSSR count). The Balaban J connectivity index is 1.75. The molecule has 0 radical (unpaired) electrons. The molecule has 1 heterocycles. The van der Waals surface area contributed by atoms with Gasteiger partial charge in [0.25, 0.3) is 0 Å². The molecule has 0 spiro atoms. The van der Waals surface area contributed by atoms with Crippen LogP contribution in [0.2, 0.25) is 0 Å². The number of hydrogen-bond acceptors (Lipinski definition) is 3. The van der Waals surface area contributed by atoms with Gasteiger partial charge in [0.1, 0.15) is 5.69 Å². The second-order valence-electron chi connectivity index (χ2n) is 6.00. The van der Waals surface area contributed by atoms with E-state index in [-0.39, 0.29) is 18.4 Å². The molecular weight excluding hydrogens is 288 g/mol. The number of aromatic nitrogens is 1. The molecule has 0 fully saturated rings. The molecule has 1 amide bonds. The molecule has 1 aromatic heterocycles. The first-order chi connectivity index (χ1) is 11.1. The van der Waals surface area contributed by atoms with Gasteiger partial charge in [-0.05, 0) is 23.6 Å². The standard InChI is InChI=1S/C19H20N2O2/c1-13(2)19(14-8-4-3-5-9-14)20-18(22)12-16-15-10-6-7-11-17(15)23-21-16/h3-11,13,19H,12H2,1-2H3,(H,20,22). The summed E-state index contributed by atoms with van der Waals surface area (Å²) in [4.78, 5) is 12.4. The van der Waals surface area contributed by atoms with Gasteiger partial charge in [0.05, 0.1) is 12.5 Å². The maximum absolute atomic E-state index is 12.4. The zero-order valence-electron chi connectivity index (χ0n) is 13.3. The molecule has 23 heavy (non-hydrogen) atoms. The molecule has 4 nitrogen and oxygen atoms in total. The Bertz CT molecular complexity index is 793. The fourth-order valence-electron chi connectivity index (χ4n) is 2.74. The normalized spacial score (nSPS) is 12.5. The quantitative estimate of drug-likeness (QED) is 0.778. The van der Waals surface area contributed by atoms with Crippen molar-refractivity contribution in [2.45, 2.75) is 26.3 Å². The molecule has 118 valence electrons. The van der Waals surface area contributed by atoms with Crippen molar-refractivity contribution in [3.63, 3.8) is 0 Å². The Hall–Kier alpha value is -2.62. The smallest absolute Gasteiger partial charge is 0.226 e. The molecular formula is C19H20N2O2. The first-order valence-corrected chi connectivity index (χ1v) is 7.82. The number of nitrogens with one attached hydrogen (secondary N) is 1. The van der Waals surface area contributed by atoms with E-state index in [9.17, 15) is 4.79 Å². The number of amides is 1. The Morgan fingerprint density at radius 3 is 2.52 bits per heavy atom. The van der Waals surface area contributed by atoms with E-state index in [1.807, 2.05) is 54.6 Å². The molecule has 2 aromatic carbocycles. The van der Waals surface area contributed by atoms with Crippen LogP contribution >= 0.6 is 0 Å². The fourth-order valence-corrected chi connectivity index (χ4v) is 2.74. The van der Waals surface area contributed by atoms with Gasteiger partial charge in [-0.25, -0.2) is 0 Å².